The van der Waals surface area contributed by atoms with Gasteiger partial charge in [0.2, 0.25) is 0 Å². The summed E-state index contributed by atoms with van der Waals surface area (Å²) in [5.41, 5.74) is 12.0. The van der Waals surface area contributed by atoms with Crippen LogP contribution in [-0.2, 0) is 0 Å². The first-order chi connectivity index (χ1) is 16.7. The zero-order valence-corrected chi connectivity index (χ0v) is 19.8. The Bertz CT molecular complexity index is 1740. The number of hydrogen-bond acceptors (Lipinski definition) is 3. The zero-order valence-electron chi connectivity index (χ0n) is 19.0. The van der Waals surface area contributed by atoms with Gasteiger partial charge in [-0.25, -0.2) is 0 Å². The number of anilines is 2. The number of nitrogens with one attached hydrogen (secondary N) is 1. The zero-order chi connectivity index (χ0) is 22.8. The molecule has 0 atom stereocenters. The van der Waals surface area contributed by atoms with Crippen molar-refractivity contribution in [1.82, 2.24) is 4.98 Å². The van der Waals surface area contributed by atoms with Crippen LogP contribution in [0.3, 0.4) is 0 Å². The van der Waals surface area contributed by atoms with E-state index in [1.54, 1.807) is 0 Å². The first-order valence-electron chi connectivity index (χ1n) is 11.6. The molecule has 1 aliphatic rings. The molecule has 0 fully saturated rings. The van der Waals surface area contributed by atoms with E-state index in [1.807, 2.05) is 17.5 Å². The highest BCUT2D eigenvalue weighted by Crippen LogP contribution is 2.50. The Labute approximate surface area is 202 Å². The SMILES string of the molecule is Cc1ccc(-c2ccc3c(c2)-c2c(C)c(cc4sc5ccccc5c24)-c2ccccc2N3)nc1. The molecule has 2 bridgehead atoms. The van der Waals surface area contributed by atoms with Gasteiger partial charge < -0.3 is 5.32 Å². The van der Waals surface area contributed by atoms with Crippen molar-refractivity contribution in [3.63, 3.8) is 0 Å². The molecule has 1 aliphatic heterocycles. The minimum Gasteiger partial charge on any atom is -0.355 e. The summed E-state index contributed by atoms with van der Waals surface area (Å²) in [7, 11) is 0. The van der Waals surface area contributed by atoms with Gasteiger partial charge in [-0.15, -0.1) is 11.3 Å². The van der Waals surface area contributed by atoms with Gasteiger partial charge in [0.25, 0.3) is 0 Å². The lowest BCUT2D eigenvalue weighted by molar-refractivity contribution is 1.27. The van der Waals surface area contributed by atoms with Crippen LogP contribution >= 0.6 is 11.3 Å². The molecule has 6 aromatic rings. The number of pyridine rings is 1. The molecule has 2 nitrogen and oxygen atoms in total. The average molecular weight is 455 g/mol. The number of nitrogens with zero attached hydrogens (tertiary/aromatic N) is 1. The predicted octanol–water partition coefficient (Wildman–Crippen LogP) is 9.12. The maximum Gasteiger partial charge on any atom is 0.0702 e. The summed E-state index contributed by atoms with van der Waals surface area (Å²) < 4.78 is 2.66. The average Bonchev–Trinajstić information content (AvgIpc) is 3.23. The number of fused-ring (bicyclic) bond motifs is 10. The van der Waals surface area contributed by atoms with Gasteiger partial charge in [-0.05, 0) is 72.5 Å². The van der Waals surface area contributed by atoms with Crippen molar-refractivity contribution < 1.29 is 0 Å². The monoisotopic (exact) mass is 454 g/mol. The second kappa shape index (κ2) is 7.28. The third-order valence-corrected chi connectivity index (χ3v) is 8.03. The van der Waals surface area contributed by atoms with E-state index < -0.39 is 0 Å². The van der Waals surface area contributed by atoms with Crippen molar-refractivity contribution in [2.24, 2.45) is 0 Å². The normalized spacial score (nSPS) is 12.1. The van der Waals surface area contributed by atoms with Gasteiger partial charge in [0, 0.05) is 54.4 Å². The van der Waals surface area contributed by atoms with Crippen LogP contribution in [0.15, 0.2) is 91.1 Å². The lowest BCUT2D eigenvalue weighted by Gasteiger charge is -2.24. The third-order valence-electron chi connectivity index (χ3n) is 6.91. The molecular weight excluding hydrogens is 432 g/mol. The van der Waals surface area contributed by atoms with Crippen molar-refractivity contribution >= 4 is 42.9 Å². The molecule has 34 heavy (non-hydrogen) atoms. The molecule has 0 aliphatic carbocycles. The molecule has 0 saturated heterocycles. The van der Waals surface area contributed by atoms with E-state index in [0.29, 0.717) is 0 Å². The van der Waals surface area contributed by atoms with Crippen molar-refractivity contribution in [1.29, 1.82) is 0 Å². The highest BCUT2D eigenvalue weighted by Gasteiger charge is 2.23. The number of thiophene rings is 1. The van der Waals surface area contributed by atoms with Crippen molar-refractivity contribution in [2.75, 3.05) is 5.32 Å². The lowest BCUT2D eigenvalue weighted by atomic mass is 9.86. The molecule has 0 unspecified atom stereocenters. The van der Waals surface area contributed by atoms with E-state index >= 15 is 0 Å². The van der Waals surface area contributed by atoms with Crippen LogP contribution in [0.25, 0.3) is 53.7 Å². The van der Waals surface area contributed by atoms with Crippen LogP contribution in [0, 0.1) is 13.8 Å². The number of aryl methyl sites for hydroxylation is 1. The second-order valence-electron chi connectivity index (χ2n) is 9.05. The Kier molecular flexibility index (Phi) is 4.18. The Hall–Kier alpha value is -3.95. The van der Waals surface area contributed by atoms with Gasteiger partial charge in [-0.2, -0.15) is 0 Å². The van der Waals surface area contributed by atoms with E-state index in [2.05, 4.69) is 104 Å². The number of para-hydroxylation sites is 1. The first-order valence-corrected chi connectivity index (χ1v) is 12.4. The molecule has 0 spiro atoms. The molecule has 0 radical (unpaired) electrons. The number of hydrogen-bond donors (Lipinski definition) is 1. The van der Waals surface area contributed by atoms with Crippen LogP contribution in [0.2, 0.25) is 0 Å². The van der Waals surface area contributed by atoms with Crippen LogP contribution in [0.5, 0.6) is 0 Å². The molecule has 1 N–H and O–H groups in total. The van der Waals surface area contributed by atoms with Crippen LogP contribution < -0.4 is 5.32 Å². The van der Waals surface area contributed by atoms with Crippen molar-refractivity contribution in [3.8, 4) is 33.5 Å². The summed E-state index contributed by atoms with van der Waals surface area (Å²) >= 11 is 1.88. The summed E-state index contributed by atoms with van der Waals surface area (Å²) in [6.45, 7) is 4.35. The van der Waals surface area contributed by atoms with Gasteiger partial charge in [0.1, 0.15) is 0 Å². The number of benzene rings is 4. The molecule has 0 saturated carbocycles. The molecule has 3 heterocycles. The third kappa shape index (κ3) is 2.84. The first kappa shape index (κ1) is 19.5. The molecule has 3 heteroatoms. The van der Waals surface area contributed by atoms with Gasteiger partial charge in [0.15, 0.2) is 0 Å². The van der Waals surface area contributed by atoms with Gasteiger partial charge in [0.05, 0.1) is 5.69 Å². The lowest BCUT2D eigenvalue weighted by Crippen LogP contribution is -2.02. The van der Waals surface area contributed by atoms with Crippen LogP contribution in [-0.4, -0.2) is 4.98 Å². The molecule has 2 aromatic heterocycles. The molecule has 4 aromatic carbocycles. The maximum atomic E-state index is 4.71. The fraction of sp³-hybridized carbons (Fsp3) is 0.0645. The van der Waals surface area contributed by atoms with Gasteiger partial charge in [-0.3, -0.25) is 4.98 Å². The van der Waals surface area contributed by atoms with Crippen molar-refractivity contribution in [3.05, 3.63) is 102 Å². The standard InChI is InChI=1S/C31H22N2S/c1-18-11-13-25(32-17-18)20-12-14-27-24(15-20)30-19(2)23(21-7-3-5-9-26(21)33-27)16-29-31(30)22-8-4-6-10-28(22)34-29/h3-17,33H,1-2H3. The number of rotatable bonds is 1. The summed E-state index contributed by atoms with van der Waals surface area (Å²) in [4.78, 5) is 4.71. The fourth-order valence-corrected chi connectivity index (χ4v) is 6.39. The van der Waals surface area contributed by atoms with Crippen LogP contribution in [0.4, 0.5) is 11.4 Å². The Balaban J connectivity index is 1.63. The minimum absolute atomic E-state index is 0.996. The number of aromatic nitrogens is 1. The quantitative estimate of drug-likeness (QED) is 0.267. The van der Waals surface area contributed by atoms with Gasteiger partial charge in [-0.1, -0.05) is 48.5 Å². The smallest absolute Gasteiger partial charge is 0.0702 e. The Morgan fingerprint density at radius 3 is 2.41 bits per heavy atom. The predicted molar refractivity (Wildman–Crippen MR) is 146 cm³/mol. The molecule has 7 rings (SSSR count). The van der Waals surface area contributed by atoms with E-state index in [0.717, 1.165) is 22.6 Å². The summed E-state index contributed by atoms with van der Waals surface area (Å²) in [6.07, 6.45) is 1.94. The van der Waals surface area contributed by atoms with E-state index in [1.165, 1.54) is 53.6 Å². The molecular formula is C31H22N2S. The van der Waals surface area contributed by atoms with Gasteiger partial charge >= 0.3 is 0 Å². The highest BCUT2D eigenvalue weighted by atomic mass is 32.1. The highest BCUT2D eigenvalue weighted by molar-refractivity contribution is 7.26. The largest absolute Gasteiger partial charge is 0.355 e. The van der Waals surface area contributed by atoms with E-state index in [9.17, 15) is 0 Å². The van der Waals surface area contributed by atoms with E-state index in [-0.39, 0.29) is 0 Å². The summed E-state index contributed by atoms with van der Waals surface area (Å²) in [5, 5.41) is 6.43. The Morgan fingerprint density at radius 2 is 1.53 bits per heavy atom. The topological polar surface area (TPSA) is 24.9 Å². The minimum atomic E-state index is 0.996. The fourth-order valence-electron chi connectivity index (χ4n) is 5.23. The maximum absolute atomic E-state index is 4.71. The second-order valence-corrected chi connectivity index (χ2v) is 10.1. The van der Waals surface area contributed by atoms with Crippen LogP contribution in [0.1, 0.15) is 11.1 Å². The molecule has 0 amide bonds. The summed E-state index contributed by atoms with van der Waals surface area (Å²) in [6, 6.07) is 30.7. The van der Waals surface area contributed by atoms with Crippen molar-refractivity contribution in [2.45, 2.75) is 13.8 Å². The molecule has 162 valence electrons. The van der Waals surface area contributed by atoms with E-state index in [4.69, 9.17) is 4.98 Å². The summed E-state index contributed by atoms with van der Waals surface area (Å²) in [5.74, 6) is 0. The Morgan fingerprint density at radius 1 is 0.706 bits per heavy atom.